The molecule has 1 atom stereocenters. The lowest BCUT2D eigenvalue weighted by molar-refractivity contribution is -0.131. The van der Waals surface area contributed by atoms with Crippen molar-refractivity contribution in [1.29, 1.82) is 0 Å². The van der Waals surface area contributed by atoms with E-state index < -0.39 is 0 Å². The molecule has 114 valence electrons. The first-order chi connectivity index (χ1) is 10.3. The van der Waals surface area contributed by atoms with Gasteiger partial charge in [-0.3, -0.25) is 9.59 Å². The summed E-state index contributed by atoms with van der Waals surface area (Å²) in [6.07, 6.45) is 7.36. The van der Waals surface area contributed by atoms with E-state index >= 15 is 0 Å². The molecule has 21 heavy (non-hydrogen) atoms. The SMILES string of the molecule is O=C(NCC(=O)N1CCCC1C1CCCC1)c1ccsc1. The van der Waals surface area contributed by atoms with Crippen LogP contribution in [0.25, 0.3) is 0 Å². The number of nitrogens with zero attached hydrogens (tertiary/aromatic N) is 1. The van der Waals surface area contributed by atoms with Gasteiger partial charge in [0, 0.05) is 23.5 Å². The van der Waals surface area contributed by atoms with Crippen LogP contribution in [0.5, 0.6) is 0 Å². The maximum atomic E-state index is 12.4. The van der Waals surface area contributed by atoms with Gasteiger partial charge in [0.2, 0.25) is 5.91 Å². The molecule has 0 spiro atoms. The molecule has 1 N–H and O–H groups in total. The third-order valence-electron chi connectivity index (χ3n) is 4.75. The molecule has 0 aromatic carbocycles. The lowest BCUT2D eigenvalue weighted by Crippen LogP contribution is -2.44. The van der Waals surface area contributed by atoms with E-state index in [0.29, 0.717) is 17.5 Å². The van der Waals surface area contributed by atoms with Gasteiger partial charge in [-0.15, -0.1) is 0 Å². The summed E-state index contributed by atoms with van der Waals surface area (Å²) in [6.45, 7) is 0.978. The Morgan fingerprint density at radius 2 is 2.05 bits per heavy atom. The highest BCUT2D eigenvalue weighted by molar-refractivity contribution is 7.08. The first-order valence-electron chi connectivity index (χ1n) is 7.85. The second kappa shape index (κ2) is 6.60. The van der Waals surface area contributed by atoms with E-state index in [1.54, 1.807) is 11.4 Å². The Morgan fingerprint density at radius 1 is 1.24 bits per heavy atom. The first-order valence-corrected chi connectivity index (χ1v) is 8.80. The van der Waals surface area contributed by atoms with E-state index in [1.165, 1.54) is 37.0 Å². The van der Waals surface area contributed by atoms with Crippen LogP contribution in [-0.2, 0) is 4.79 Å². The second-order valence-electron chi connectivity index (χ2n) is 6.04. The molecule has 2 heterocycles. The van der Waals surface area contributed by atoms with E-state index in [2.05, 4.69) is 5.32 Å². The molecule has 1 aromatic rings. The van der Waals surface area contributed by atoms with Crippen molar-refractivity contribution in [3.05, 3.63) is 22.4 Å². The fraction of sp³-hybridized carbons (Fsp3) is 0.625. The molecule has 1 aliphatic carbocycles. The molecule has 2 aliphatic rings. The maximum Gasteiger partial charge on any atom is 0.252 e. The van der Waals surface area contributed by atoms with Gasteiger partial charge in [-0.1, -0.05) is 12.8 Å². The lowest BCUT2D eigenvalue weighted by Gasteiger charge is -2.29. The number of hydrogen-bond acceptors (Lipinski definition) is 3. The van der Waals surface area contributed by atoms with Gasteiger partial charge in [-0.2, -0.15) is 11.3 Å². The Bertz CT molecular complexity index is 494. The molecule has 2 fully saturated rings. The Kier molecular flexibility index (Phi) is 4.58. The molecule has 1 saturated heterocycles. The summed E-state index contributed by atoms with van der Waals surface area (Å²) in [4.78, 5) is 26.3. The van der Waals surface area contributed by atoms with Gasteiger partial charge in [0.05, 0.1) is 6.54 Å². The first kappa shape index (κ1) is 14.6. The van der Waals surface area contributed by atoms with E-state index in [9.17, 15) is 9.59 Å². The predicted octanol–water partition coefficient (Wildman–Crippen LogP) is 2.66. The molecule has 5 heteroatoms. The van der Waals surface area contributed by atoms with Crippen molar-refractivity contribution in [2.45, 2.75) is 44.6 Å². The van der Waals surface area contributed by atoms with Crippen molar-refractivity contribution in [3.63, 3.8) is 0 Å². The third-order valence-corrected chi connectivity index (χ3v) is 5.43. The largest absolute Gasteiger partial charge is 0.343 e. The van der Waals surface area contributed by atoms with Crippen LogP contribution in [0.2, 0.25) is 0 Å². The zero-order chi connectivity index (χ0) is 14.7. The summed E-state index contributed by atoms with van der Waals surface area (Å²) >= 11 is 1.49. The number of hydrogen-bond donors (Lipinski definition) is 1. The van der Waals surface area contributed by atoms with Crippen LogP contribution in [0.4, 0.5) is 0 Å². The number of carbonyl (C=O) groups is 2. The summed E-state index contributed by atoms with van der Waals surface area (Å²) in [5, 5.41) is 6.42. The molecule has 1 unspecified atom stereocenters. The van der Waals surface area contributed by atoms with Crippen molar-refractivity contribution in [1.82, 2.24) is 10.2 Å². The Morgan fingerprint density at radius 3 is 2.76 bits per heavy atom. The molecular formula is C16H22N2O2S. The quantitative estimate of drug-likeness (QED) is 0.929. The van der Waals surface area contributed by atoms with Crippen molar-refractivity contribution >= 4 is 23.2 Å². The van der Waals surface area contributed by atoms with Crippen molar-refractivity contribution in [3.8, 4) is 0 Å². The third kappa shape index (κ3) is 3.28. The van der Waals surface area contributed by atoms with Crippen molar-refractivity contribution in [2.24, 2.45) is 5.92 Å². The fourth-order valence-corrected chi connectivity index (χ4v) is 4.32. The van der Waals surface area contributed by atoms with Crippen molar-refractivity contribution < 1.29 is 9.59 Å². The Balaban J connectivity index is 1.53. The van der Waals surface area contributed by atoms with Gasteiger partial charge in [0.15, 0.2) is 0 Å². The number of nitrogens with one attached hydrogen (secondary N) is 1. The summed E-state index contributed by atoms with van der Waals surface area (Å²) in [6, 6.07) is 2.19. The fourth-order valence-electron chi connectivity index (χ4n) is 3.69. The smallest absolute Gasteiger partial charge is 0.252 e. The van der Waals surface area contributed by atoms with Crippen LogP contribution in [0, 0.1) is 5.92 Å². The highest BCUT2D eigenvalue weighted by Gasteiger charge is 2.35. The number of likely N-dealkylation sites (tertiary alicyclic amines) is 1. The van der Waals surface area contributed by atoms with Crippen LogP contribution in [0.1, 0.15) is 48.9 Å². The summed E-state index contributed by atoms with van der Waals surface area (Å²) < 4.78 is 0. The minimum Gasteiger partial charge on any atom is -0.343 e. The number of carbonyl (C=O) groups excluding carboxylic acids is 2. The van der Waals surface area contributed by atoms with Crippen LogP contribution >= 0.6 is 11.3 Å². The molecule has 0 radical (unpaired) electrons. The average Bonchev–Trinajstić information content (AvgIpc) is 3.25. The summed E-state index contributed by atoms with van der Waals surface area (Å²) in [5.74, 6) is 0.609. The molecule has 1 saturated carbocycles. The zero-order valence-corrected chi connectivity index (χ0v) is 13.0. The standard InChI is InChI=1S/C16H22N2O2S/c19-15(10-17-16(20)13-7-9-21-11-13)18-8-3-6-14(18)12-4-1-2-5-12/h7,9,11-12,14H,1-6,8,10H2,(H,17,20). The van der Waals surface area contributed by atoms with Gasteiger partial charge in [0.1, 0.15) is 0 Å². The molecule has 1 aromatic heterocycles. The van der Waals surface area contributed by atoms with E-state index in [-0.39, 0.29) is 18.4 Å². The number of rotatable bonds is 4. The Labute approximate surface area is 129 Å². The van der Waals surface area contributed by atoms with Crippen LogP contribution in [0.15, 0.2) is 16.8 Å². The monoisotopic (exact) mass is 306 g/mol. The van der Waals surface area contributed by atoms with E-state index in [0.717, 1.165) is 19.4 Å². The van der Waals surface area contributed by atoms with Gasteiger partial charge in [-0.25, -0.2) is 0 Å². The zero-order valence-electron chi connectivity index (χ0n) is 12.2. The highest BCUT2D eigenvalue weighted by atomic mass is 32.1. The molecule has 2 amide bonds. The predicted molar refractivity (Wildman–Crippen MR) is 83.3 cm³/mol. The van der Waals surface area contributed by atoms with Gasteiger partial charge < -0.3 is 10.2 Å². The Hall–Kier alpha value is -1.36. The number of amides is 2. The maximum absolute atomic E-state index is 12.4. The molecule has 4 nitrogen and oxygen atoms in total. The summed E-state index contributed by atoms with van der Waals surface area (Å²) in [5.41, 5.74) is 0.640. The minimum atomic E-state index is -0.152. The second-order valence-corrected chi connectivity index (χ2v) is 6.82. The van der Waals surface area contributed by atoms with Crippen LogP contribution in [0.3, 0.4) is 0 Å². The highest BCUT2D eigenvalue weighted by Crippen LogP contribution is 2.35. The minimum absolute atomic E-state index is 0.0768. The molecule has 0 bridgehead atoms. The molecule has 3 rings (SSSR count). The normalized spacial score (nSPS) is 22.7. The lowest BCUT2D eigenvalue weighted by atomic mass is 9.96. The van der Waals surface area contributed by atoms with E-state index in [1.807, 2.05) is 10.3 Å². The van der Waals surface area contributed by atoms with Gasteiger partial charge in [0.25, 0.3) is 5.91 Å². The number of thiophene rings is 1. The van der Waals surface area contributed by atoms with Gasteiger partial charge >= 0.3 is 0 Å². The van der Waals surface area contributed by atoms with Gasteiger partial charge in [-0.05, 0) is 43.0 Å². The summed E-state index contributed by atoms with van der Waals surface area (Å²) in [7, 11) is 0. The molecule has 1 aliphatic heterocycles. The molecular weight excluding hydrogens is 284 g/mol. The average molecular weight is 306 g/mol. The van der Waals surface area contributed by atoms with Crippen LogP contribution < -0.4 is 5.32 Å². The van der Waals surface area contributed by atoms with Crippen molar-refractivity contribution in [2.75, 3.05) is 13.1 Å². The van der Waals surface area contributed by atoms with Crippen LogP contribution in [-0.4, -0.2) is 35.8 Å². The topological polar surface area (TPSA) is 49.4 Å². The van der Waals surface area contributed by atoms with E-state index in [4.69, 9.17) is 0 Å².